The molecule has 3 aromatic carbocycles. The first-order valence-corrected chi connectivity index (χ1v) is 9.38. The number of aromatic amines is 1. The van der Waals surface area contributed by atoms with Gasteiger partial charge in [0.2, 0.25) is 0 Å². The number of hydrogen-bond acceptors (Lipinski definition) is 4. The number of aromatic nitrogens is 4. The van der Waals surface area contributed by atoms with Crippen LogP contribution in [0.2, 0.25) is 0 Å². The second-order valence-corrected chi connectivity index (χ2v) is 6.78. The van der Waals surface area contributed by atoms with Gasteiger partial charge in [0.15, 0.2) is 6.10 Å². The fraction of sp³-hybridized carbons (Fsp3) is 0.0870. The Labute approximate surface area is 166 Å². The van der Waals surface area contributed by atoms with E-state index < -0.39 is 6.10 Å². The van der Waals surface area contributed by atoms with Crippen LogP contribution in [0.4, 0.5) is 0 Å². The Balaban J connectivity index is 1.56. The number of benzene rings is 3. The van der Waals surface area contributed by atoms with Crippen molar-refractivity contribution in [2.24, 2.45) is 0 Å². The van der Waals surface area contributed by atoms with Crippen molar-refractivity contribution in [2.75, 3.05) is 0 Å². The molecule has 142 valence electrons. The Morgan fingerprint density at radius 2 is 1.62 bits per heavy atom. The van der Waals surface area contributed by atoms with Gasteiger partial charge in [0.1, 0.15) is 11.6 Å². The van der Waals surface area contributed by atoms with Crippen LogP contribution in [0, 0.1) is 0 Å². The molecule has 0 fully saturated rings. The van der Waals surface area contributed by atoms with Crippen LogP contribution in [-0.2, 0) is 6.54 Å². The zero-order valence-corrected chi connectivity index (χ0v) is 15.5. The molecule has 1 unspecified atom stereocenters. The predicted molar refractivity (Wildman–Crippen MR) is 112 cm³/mol. The minimum absolute atomic E-state index is 0.103. The number of nitrogens with zero attached hydrogens (tertiary/aromatic N) is 3. The van der Waals surface area contributed by atoms with E-state index >= 15 is 0 Å². The van der Waals surface area contributed by atoms with Crippen molar-refractivity contribution in [3.63, 3.8) is 0 Å². The topological polar surface area (TPSA) is 72.8 Å². The monoisotopic (exact) mass is 382 g/mol. The number of imidazole rings is 1. The minimum Gasteiger partial charge on any atom is -0.481 e. The molecule has 5 rings (SSSR count). The van der Waals surface area contributed by atoms with Gasteiger partial charge in [0.05, 0.1) is 34.8 Å². The normalized spacial score (nSPS) is 12.3. The van der Waals surface area contributed by atoms with Crippen molar-refractivity contribution in [2.45, 2.75) is 12.6 Å². The van der Waals surface area contributed by atoms with Crippen molar-refractivity contribution in [1.82, 2.24) is 19.5 Å². The third-order valence-electron chi connectivity index (χ3n) is 4.83. The molecule has 0 spiro atoms. The first kappa shape index (κ1) is 17.2. The summed E-state index contributed by atoms with van der Waals surface area (Å²) in [5.74, 6) is 1.37. The number of H-pyrrole nitrogens is 1. The highest BCUT2D eigenvalue weighted by molar-refractivity contribution is 5.77. The average molecular weight is 382 g/mol. The molecular weight excluding hydrogens is 364 g/mol. The largest absolute Gasteiger partial charge is 0.481 e. The highest BCUT2D eigenvalue weighted by Gasteiger charge is 2.20. The molecule has 0 saturated heterocycles. The molecule has 0 aliphatic rings. The Morgan fingerprint density at radius 3 is 2.45 bits per heavy atom. The number of hydrogen-bond donors (Lipinski definition) is 1. The molecule has 2 heterocycles. The fourth-order valence-corrected chi connectivity index (χ4v) is 3.38. The van der Waals surface area contributed by atoms with Gasteiger partial charge in [-0.3, -0.25) is 9.36 Å². The van der Waals surface area contributed by atoms with Crippen LogP contribution in [0.1, 0.15) is 11.9 Å². The minimum atomic E-state index is -0.481. The smallest absolute Gasteiger partial charge is 0.261 e. The summed E-state index contributed by atoms with van der Waals surface area (Å²) in [7, 11) is 0. The van der Waals surface area contributed by atoms with Gasteiger partial charge >= 0.3 is 0 Å². The van der Waals surface area contributed by atoms with Crippen LogP contribution in [0.3, 0.4) is 0 Å². The molecule has 6 nitrogen and oxygen atoms in total. The molecule has 0 amide bonds. The first-order chi connectivity index (χ1) is 14.3. The molecule has 0 aliphatic carbocycles. The van der Waals surface area contributed by atoms with E-state index in [1.54, 1.807) is 17.0 Å². The van der Waals surface area contributed by atoms with Gasteiger partial charge < -0.3 is 9.72 Å². The lowest BCUT2D eigenvalue weighted by molar-refractivity contribution is 0.173. The van der Waals surface area contributed by atoms with E-state index in [1.807, 2.05) is 72.8 Å². The Hall–Kier alpha value is -3.93. The van der Waals surface area contributed by atoms with Crippen LogP contribution >= 0.6 is 0 Å². The predicted octanol–water partition coefficient (Wildman–Crippen LogP) is 4.09. The molecule has 29 heavy (non-hydrogen) atoms. The third kappa shape index (κ3) is 3.36. The van der Waals surface area contributed by atoms with Gasteiger partial charge in [-0.2, -0.15) is 0 Å². The molecule has 0 aliphatic heterocycles. The van der Waals surface area contributed by atoms with Crippen LogP contribution in [0.25, 0.3) is 21.9 Å². The van der Waals surface area contributed by atoms with Crippen LogP contribution in [0.5, 0.6) is 5.75 Å². The van der Waals surface area contributed by atoms with Crippen molar-refractivity contribution in [1.29, 1.82) is 0 Å². The van der Waals surface area contributed by atoms with Gasteiger partial charge in [-0.1, -0.05) is 42.5 Å². The summed E-state index contributed by atoms with van der Waals surface area (Å²) in [5.41, 5.74) is 2.35. The van der Waals surface area contributed by atoms with Gasteiger partial charge in [-0.15, -0.1) is 0 Å². The highest BCUT2D eigenvalue weighted by Crippen LogP contribution is 2.23. The lowest BCUT2D eigenvalue weighted by Gasteiger charge is -2.18. The van der Waals surface area contributed by atoms with Gasteiger partial charge in [-0.25, -0.2) is 9.97 Å². The standard InChI is InChI=1S/C23H18N4O2/c28-23-17-10-4-5-11-18(17)24-15-27(23)14-21(29-16-8-2-1-3-9-16)22-25-19-12-6-7-13-20(19)26-22/h1-13,15,21H,14H2,(H,25,26). The molecule has 6 heteroatoms. The van der Waals surface area contributed by atoms with E-state index in [4.69, 9.17) is 4.74 Å². The SMILES string of the molecule is O=c1c2ccccc2ncn1CC(Oc1ccccc1)c1nc2ccccc2[nH]1. The maximum absolute atomic E-state index is 13.0. The molecule has 2 aromatic heterocycles. The van der Waals surface area contributed by atoms with Crippen LogP contribution in [-0.4, -0.2) is 19.5 Å². The second kappa shape index (κ2) is 7.24. The summed E-state index contributed by atoms with van der Waals surface area (Å²) < 4.78 is 7.79. The Bertz CT molecular complexity index is 1310. The lowest BCUT2D eigenvalue weighted by Crippen LogP contribution is -2.26. The highest BCUT2D eigenvalue weighted by atomic mass is 16.5. The number of rotatable bonds is 5. The quantitative estimate of drug-likeness (QED) is 0.497. The van der Waals surface area contributed by atoms with Gasteiger partial charge in [0.25, 0.3) is 5.56 Å². The van der Waals surface area contributed by atoms with E-state index in [9.17, 15) is 4.79 Å². The molecule has 0 radical (unpaired) electrons. The van der Waals surface area contributed by atoms with E-state index in [0.29, 0.717) is 22.5 Å². The number of ether oxygens (including phenoxy) is 1. The molecule has 1 atom stereocenters. The summed E-state index contributed by atoms with van der Waals surface area (Å²) in [4.78, 5) is 25.4. The first-order valence-electron chi connectivity index (χ1n) is 9.38. The van der Waals surface area contributed by atoms with Crippen molar-refractivity contribution >= 4 is 21.9 Å². The molecule has 0 bridgehead atoms. The van der Waals surface area contributed by atoms with Gasteiger partial charge in [-0.05, 0) is 36.4 Å². The van der Waals surface area contributed by atoms with E-state index in [1.165, 1.54) is 0 Å². The number of para-hydroxylation sites is 4. The Morgan fingerprint density at radius 1 is 0.897 bits per heavy atom. The summed E-state index contributed by atoms with van der Waals surface area (Å²) in [5, 5.41) is 0.582. The maximum atomic E-state index is 13.0. The summed E-state index contributed by atoms with van der Waals surface area (Å²) in [6.07, 6.45) is 1.08. The maximum Gasteiger partial charge on any atom is 0.261 e. The number of fused-ring (bicyclic) bond motifs is 2. The van der Waals surface area contributed by atoms with Crippen LogP contribution in [0.15, 0.2) is 90.0 Å². The molecule has 0 saturated carbocycles. The molecular formula is C23H18N4O2. The molecule has 1 N–H and O–H groups in total. The summed E-state index contributed by atoms with van der Waals surface area (Å²) >= 11 is 0. The van der Waals surface area contributed by atoms with E-state index in [0.717, 1.165) is 11.0 Å². The lowest BCUT2D eigenvalue weighted by atomic mass is 10.2. The van der Waals surface area contributed by atoms with Gasteiger partial charge in [0, 0.05) is 0 Å². The number of nitrogens with one attached hydrogen (secondary N) is 1. The van der Waals surface area contributed by atoms with Crippen molar-refractivity contribution in [3.8, 4) is 5.75 Å². The summed E-state index contributed by atoms with van der Waals surface area (Å²) in [6.45, 7) is 0.283. The fourth-order valence-electron chi connectivity index (χ4n) is 3.38. The molecule has 5 aromatic rings. The van der Waals surface area contributed by atoms with E-state index in [-0.39, 0.29) is 12.1 Å². The van der Waals surface area contributed by atoms with Crippen LogP contribution < -0.4 is 10.3 Å². The van der Waals surface area contributed by atoms with E-state index in [2.05, 4.69) is 15.0 Å². The zero-order chi connectivity index (χ0) is 19.6. The Kier molecular flexibility index (Phi) is 4.29. The second-order valence-electron chi connectivity index (χ2n) is 6.78. The third-order valence-corrected chi connectivity index (χ3v) is 4.83. The van der Waals surface area contributed by atoms with Crippen molar-refractivity contribution < 1.29 is 4.74 Å². The average Bonchev–Trinajstić information content (AvgIpc) is 3.20. The zero-order valence-electron chi connectivity index (χ0n) is 15.5. The van der Waals surface area contributed by atoms with Crippen molar-refractivity contribution in [3.05, 3.63) is 101 Å². The summed E-state index contributed by atoms with van der Waals surface area (Å²) in [6, 6.07) is 24.7.